The van der Waals surface area contributed by atoms with Gasteiger partial charge in [-0.1, -0.05) is 22.0 Å². The predicted molar refractivity (Wildman–Crippen MR) is 101 cm³/mol. The fourth-order valence-corrected chi connectivity index (χ4v) is 2.62. The summed E-state index contributed by atoms with van der Waals surface area (Å²) < 4.78 is 11.4. The highest BCUT2D eigenvalue weighted by molar-refractivity contribution is 9.10. The maximum absolute atomic E-state index is 12.4. The Labute approximate surface area is 155 Å². The zero-order valence-corrected chi connectivity index (χ0v) is 15.7. The summed E-state index contributed by atoms with van der Waals surface area (Å²) in [6.07, 6.45) is 1.53. The van der Waals surface area contributed by atoms with Gasteiger partial charge in [-0.05, 0) is 54.5 Å². The third kappa shape index (κ3) is 4.61. The highest BCUT2D eigenvalue weighted by atomic mass is 79.9. The average molecular weight is 401 g/mol. The van der Waals surface area contributed by atoms with Crippen molar-refractivity contribution in [3.8, 4) is 17.6 Å². The van der Waals surface area contributed by atoms with Crippen LogP contribution < -0.4 is 14.8 Å². The van der Waals surface area contributed by atoms with Crippen LogP contribution in [0.15, 0.2) is 46.4 Å². The summed E-state index contributed by atoms with van der Waals surface area (Å²) in [6, 6.07) is 12.6. The van der Waals surface area contributed by atoms with Gasteiger partial charge in [0.15, 0.2) is 11.5 Å². The zero-order chi connectivity index (χ0) is 18.4. The molecule has 1 N–H and O–H groups in total. The molecular formula is C19H17BrN2O3. The Balaban J connectivity index is 2.34. The number of anilines is 1. The summed E-state index contributed by atoms with van der Waals surface area (Å²) in [4.78, 5) is 12.4. The number of amides is 1. The first-order valence-electron chi connectivity index (χ1n) is 7.39. The Morgan fingerprint density at radius 3 is 2.48 bits per heavy atom. The van der Waals surface area contributed by atoms with Gasteiger partial charge in [0.2, 0.25) is 0 Å². The van der Waals surface area contributed by atoms with E-state index in [0.29, 0.717) is 22.7 Å². The minimum absolute atomic E-state index is 0.00436. The molecule has 0 spiro atoms. The van der Waals surface area contributed by atoms with Gasteiger partial charge in [-0.25, -0.2) is 0 Å². The molecule has 0 saturated carbocycles. The molecule has 0 atom stereocenters. The van der Waals surface area contributed by atoms with Gasteiger partial charge in [0.05, 0.1) is 14.2 Å². The van der Waals surface area contributed by atoms with Crippen LogP contribution >= 0.6 is 15.9 Å². The molecule has 2 aromatic carbocycles. The fourth-order valence-electron chi connectivity index (χ4n) is 2.22. The van der Waals surface area contributed by atoms with Crippen molar-refractivity contribution in [3.05, 3.63) is 57.6 Å². The monoisotopic (exact) mass is 400 g/mol. The number of aryl methyl sites for hydroxylation is 1. The lowest BCUT2D eigenvalue weighted by atomic mass is 10.0. The van der Waals surface area contributed by atoms with Crippen molar-refractivity contribution in [2.24, 2.45) is 0 Å². The first-order chi connectivity index (χ1) is 12.0. The molecule has 0 unspecified atom stereocenters. The zero-order valence-electron chi connectivity index (χ0n) is 14.1. The van der Waals surface area contributed by atoms with Crippen LogP contribution in [0.3, 0.4) is 0 Å². The molecule has 0 aliphatic rings. The fraction of sp³-hybridized carbons (Fsp3) is 0.158. The highest BCUT2D eigenvalue weighted by Gasteiger charge is 2.13. The number of rotatable bonds is 5. The van der Waals surface area contributed by atoms with Crippen LogP contribution in [0.2, 0.25) is 0 Å². The predicted octanol–water partition coefficient (Wildman–Crippen LogP) is 4.32. The summed E-state index contributed by atoms with van der Waals surface area (Å²) in [7, 11) is 3.09. The lowest BCUT2D eigenvalue weighted by Crippen LogP contribution is -2.13. The van der Waals surface area contributed by atoms with Crippen LogP contribution in [0.25, 0.3) is 6.08 Å². The minimum Gasteiger partial charge on any atom is -0.493 e. The smallest absolute Gasteiger partial charge is 0.266 e. The van der Waals surface area contributed by atoms with Crippen LogP contribution in [-0.2, 0) is 4.79 Å². The van der Waals surface area contributed by atoms with Gasteiger partial charge in [-0.15, -0.1) is 0 Å². The molecule has 0 aliphatic heterocycles. The molecule has 2 aromatic rings. The average Bonchev–Trinajstić information content (AvgIpc) is 2.60. The summed E-state index contributed by atoms with van der Waals surface area (Å²) in [6.45, 7) is 1.87. The first kappa shape index (κ1) is 18.6. The van der Waals surface area contributed by atoms with Crippen molar-refractivity contribution in [1.82, 2.24) is 0 Å². The summed E-state index contributed by atoms with van der Waals surface area (Å²) in [5.41, 5.74) is 2.17. The number of hydrogen-bond acceptors (Lipinski definition) is 4. The van der Waals surface area contributed by atoms with Crippen molar-refractivity contribution in [2.45, 2.75) is 6.92 Å². The second-order valence-electron chi connectivity index (χ2n) is 5.20. The third-order valence-corrected chi connectivity index (χ3v) is 4.01. The minimum atomic E-state index is -0.477. The van der Waals surface area contributed by atoms with E-state index in [0.717, 1.165) is 10.0 Å². The molecule has 25 heavy (non-hydrogen) atoms. The number of nitriles is 1. The SMILES string of the molecule is COc1cc(C)c(/C=C(/C#N)C(=O)Nc2cccc(Br)c2)cc1OC. The number of methoxy groups -OCH3 is 2. The van der Waals surface area contributed by atoms with Gasteiger partial charge in [0.25, 0.3) is 5.91 Å². The Hall–Kier alpha value is -2.78. The lowest BCUT2D eigenvalue weighted by Gasteiger charge is -2.11. The van der Waals surface area contributed by atoms with Crippen molar-refractivity contribution in [1.29, 1.82) is 5.26 Å². The molecule has 128 valence electrons. The van der Waals surface area contributed by atoms with Crippen molar-refractivity contribution in [3.63, 3.8) is 0 Å². The molecule has 6 heteroatoms. The van der Waals surface area contributed by atoms with Gasteiger partial charge >= 0.3 is 0 Å². The van der Waals surface area contributed by atoms with Crippen LogP contribution in [0.4, 0.5) is 5.69 Å². The molecule has 0 fully saturated rings. The summed E-state index contributed by atoms with van der Waals surface area (Å²) in [5.74, 6) is 0.646. The van der Waals surface area contributed by atoms with Crippen LogP contribution in [0.1, 0.15) is 11.1 Å². The summed E-state index contributed by atoms with van der Waals surface area (Å²) in [5, 5.41) is 12.1. The van der Waals surface area contributed by atoms with E-state index >= 15 is 0 Å². The molecule has 0 aromatic heterocycles. The van der Waals surface area contributed by atoms with Crippen molar-refractivity contribution in [2.75, 3.05) is 19.5 Å². The van der Waals surface area contributed by atoms with E-state index in [-0.39, 0.29) is 5.57 Å². The van der Waals surface area contributed by atoms with Gasteiger partial charge in [0.1, 0.15) is 11.6 Å². The Kier molecular flexibility index (Phi) is 6.20. The maximum Gasteiger partial charge on any atom is 0.266 e. The molecule has 2 rings (SSSR count). The molecule has 0 saturated heterocycles. The second kappa shape index (κ2) is 8.36. The molecule has 0 radical (unpaired) electrons. The van der Waals surface area contributed by atoms with E-state index in [2.05, 4.69) is 21.2 Å². The van der Waals surface area contributed by atoms with Gasteiger partial charge in [-0.3, -0.25) is 4.79 Å². The molecule has 0 bridgehead atoms. The van der Waals surface area contributed by atoms with E-state index in [4.69, 9.17) is 9.47 Å². The Morgan fingerprint density at radius 1 is 1.20 bits per heavy atom. The lowest BCUT2D eigenvalue weighted by molar-refractivity contribution is -0.112. The van der Waals surface area contributed by atoms with Gasteiger partial charge in [-0.2, -0.15) is 5.26 Å². The number of benzene rings is 2. The number of halogens is 1. The van der Waals surface area contributed by atoms with E-state index < -0.39 is 5.91 Å². The van der Waals surface area contributed by atoms with E-state index in [9.17, 15) is 10.1 Å². The first-order valence-corrected chi connectivity index (χ1v) is 8.19. The quantitative estimate of drug-likeness (QED) is 0.599. The van der Waals surface area contributed by atoms with Crippen molar-refractivity contribution >= 4 is 33.6 Å². The van der Waals surface area contributed by atoms with Crippen molar-refractivity contribution < 1.29 is 14.3 Å². The Morgan fingerprint density at radius 2 is 1.88 bits per heavy atom. The number of carbonyl (C=O) groups excluding carboxylic acids is 1. The molecule has 5 nitrogen and oxygen atoms in total. The standard InChI is InChI=1S/C19H17BrN2O3/c1-12-7-17(24-2)18(25-3)9-13(12)8-14(11-21)19(23)22-16-6-4-5-15(20)10-16/h4-10H,1-3H3,(H,22,23)/b14-8-. The van der Waals surface area contributed by atoms with E-state index in [1.165, 1.54) is 13.2 Å². The number of nitrogens with one attached hydrogen (secondary N) is 1. The van der Waals surface area contributed by atoms with Crippen LogP contribution in [0.5, 0.6) is 11.5 Å². The number of hydrogen-bond donors (Lipinski definition) is 1. The highest BCUT2D eigenvalue weighted by Crippen LogP contribution is 2.31. The number of ether oxygens (including phenoxy) is 2. The van der Waals surface area contributed by atoms with E-state index in [1.807, 2.05) is 19.1 Å². The topological polar surface area (TPSA) is 71.3 Å². The number of carbonyl (C=O) groups is 1. The van der Waals surface area contributed by atoms with Gasteiger partial charge in [0, 0.05) is 10.2 Å². The largest absolute Gasteiger partial charge is 0.493 e. The maximum atomic E-state index is 12.4. The summed E-state index contributed by atoms with van der Waals surface area (Å²) >= 11 is 3.34. The molecule has 0 heterocycles. The number of nitrogens with zero attached hydrogens (tertiary/aromatic N) is 1. The molecule has 1 amide bonds. The Bertz CT molecular complexity index is 869. The third-order valence-electron chi connectivity index (χ3n) is 3.52. The van der Waals surface area contributed by atoms with E-state index in [1.54, 1.807) is 37.4 Å². The molecular weight excluding hydrogens is 384 g/mol. The normalized spacial score (nSPS) is 10.8. The van der Waals surface area contributed by atoms with Crippen LogP contribution in [-0.4, -0.2) is 20.1 Å². The van der Waals surface area contributed by atoms with Gasteiger partial charge < -0.3 is 14.8 Å². The van der Waals surface area contributed by atoms with Crippen LogP contribution in [0, 0.1) is 18.3 Å². The second-order valence-corrected chi connectivity index (χ2v) is 6.11. The molecule has 0 aliphatic carbocycles.